The number of carbonyl (C=O) groups is 1. The highest BCUT2D eigenvalue weighted by Crippen LogP contribution is 2.21. The first kappa shape index (κ1) is 14.7. The van der Waals surface area contributed by atoms with Crippen molar-refractivity contribution < 1.29 is 9.32 Å². The summed E-state index contributed by atoms with van der Waals surface area (Å²) in [6.07, 6.45) is 0.501. The van der Waals surface area contributed by atoms with E-state index in [0.29, 0.717) is 33.9 Å². The van der Waals surface area contributed by atoms with E-state index in [1.165, 1.54) is 11.3 Å². The Morgan fingerprint density at radius 2 is 2.05 bits per heavy atom. The van der Waals surface area contributed by atoms with Crippen LogP contribution in [0.2, 0.25) is 4.34 Å². The average molecular weight is 334 g/mol. The van der Waals surface area contributed by atoms with Gasteiger partial charge in [-0.2, -0.15) is 4.98 Å². The fourth-order valence-electron chi connectivity index (χ4n) is 1.86. The molecular formula is C15H12ClN3O2S. The minimum Gasteiger partial charge on any atom is -0.351 e. The molecule has 1 N–H and O–H groups in total. The maximum Gasteiger partial charge on any atom is 0.261 e. The summed E-state index contributed by atoms with van der Waals surface area (Å²) < 4.78 is 5.80. The Morgan fingerprint density at radius 1 is 1.23 bits per heavy atom. The molecule has 0 unspecified atom stereocenters. The summed E-state index contributed by atoms with van der Waals surface area (Å²) in [6, 6.07) is 12.9. The van der Waals surface area contributed by atoms with Crippen LogP contribution in [0.1, 0.15) is 15.5 Å². The molecule has 0 radical (unpaired) electrons. The lowest BCUT2D eigenvalue weighted by atomic mass is 10.2. The molecule has 0 fully saturated rings. The Labute approximate surface area is 135 Å². The highest BCUT2D eigenvalue weighted by molar-refractivity contribution is 7.17. The maximum atomic E-state index is 11.9. The average Bonchev–Trinajstić information content (AvgIpc) is 3.17. The van der Waals surface area contributed by atoms with Crippen LogP contribution in [0.4, 0.5) is 0 Å². The lowest BCUT2D eigenvalue weighted by Crippen LogP contribution is -2.25. The van der Waals surface area contributed by atoms with Crippen LogP contribution in [0, 0.1) is 0 Å². The molecule has 0 aliphatic heterocycles. The van der Waals surface area contributed by atoms with Crippen LogP contribution in [0.5, 0.6) is 0 Å². The molecule has 7 heteroatoms. The molecule has 3 rings (SSSR count). The molecule has 0 atom stereocenters. The molecule has 1 amide bonds. The fraction of sp³-hybridized carbons (Fsp3) is 0.133. The van der Waals surface area contributed by atoms with Crippen molar-refractivity contribution >= 4 is 28.8 Å². The number of hydrogen-bond donors (Lipinski definition) is 1. The van der Waals surface area contributed by atoms with E-state index in [1.54, 1.807) is 12.1 Å². The first-order valence-corrected chi connectivity index (χ1v) is 7.83. The number of rotatable bonds is 5. The Kier molecular flexibility index (Phi) is 4.50. The van der Waals surface area contributed by atoms with Crippen molar-refractivity contribution in [2.45, 2.75) is 6.42 Å². The number of thiophene rings is 1. The van der Waals surface area contributed by atoms with Gasteiger partial charge in [0.05, 0.1) is 9.21 Å². The second kappa shape index (κ2) is 6.72. The molecule has 2 heterocycles. The van der Waals surface area contributed by atoms with Crippen molar-refractivity contribution in [3.05, 3.63) is 57.5 Å². The van der Waals surface area contributed by atoms with Crippen molar-refractivity contribution in [1.29, 1.82) is 0 Å². The van der Waals surface area contributed by atoms with Gasteiger partial charge in [0.15, 0.2) is 5.82 Å². The molecule has 0 spiro atoms. The monoisotopic (exact) mass is 333 g/mol. The van der Waals surface area contributed by atoms with Crippen LogP contribution in [0.15, 0.2) is 47.0 Å². The van der Waals surface area contributed by atoms with Crippen LogP contribution in [0.25, 0.3) is 11.5 Å². The summed E-state index contributed by atoms with van der Waals surface area (Å²) in [7, 11) is 0. The minimum absolute atomic E-state index is 0.149. The zero-order valence-corrected chi connectivity index (χ0v) is 13.0. The molecule has 22 heavy (non-hydrogen) atoms. The van der Waals surface area contributed by atoms with E-state index in [1.807, 2.05) is 30.3 Å². The molecule has 0 saturated carbocycles. The second-order valence-corrected chi connectivity index (χ2v) is 6.21. The van der Waals surface area contributed by atoms with E-state index in [9.17, 15) is 4.79 Å². The van der Waals surface area contributed by atoms with E-state index in [2.05, 4.69) is 15.5 Å². The molecule has 3 aromatic rings. The fourth-order valence-corrected chi connectivity index (χ4v) is 2.82. The normalized spacial score (nSPS) is 10.6. The number of nitrogens with one attached hydrogen (secondary N) is 1. The first-order chi connectivity index (χ1) is 10.7. The zero-order valence-electron chi connectivity index (χ0n) is 11.5. The quantitative estimate of drug-likeness (QED) is 0.776. The number of hydrogen-bond acceptors (Lipinski definition) is 5. The molecule has 2 aromatic heterocycles. The topological polar surface area (TPSA) is 68.0 Å². The van der Waals surface area contributed by atoms with Gasteiger partial charge in [-0.3, -0.25) is 4.79 Å². The number of halogens is 1. The Balaban J connectivity index is 1.54. The number of benzene rings is 1. The van der Waals surface area contributed by atoms with Crippen LogP contribution in [-0.4, -0.2) is 22.6 Å². The van der Waals surface area contributed by atoms with E-state index in [4.69, 9.17) is 16.1 Å². The first-order valence-electron chi connectivity index (χ1n) is 6.64. The molecule has 0 aliphatic rings. The van der Waals surface area contributed by atoms with Crippen LogP contribution >= 0.6 is 22.9 Å². The van der Waals surface area contributed by atoms with E-state index >= 15 is 0 Å². The molecule has 5 nitrogen and oxygen atoms in total. The van der Waals surface area contributed by atoms with Crippen molar-refractivity contribution in [1.82, 2.24) is 15.5 Å². The smallest absolute Gasteiger partial charge is 0.261 e. The number of nitrogens with zero attached hydrogens (tertiary/aromatic N) is 2. The number of aromatic nitrogens is 2. The third kappa shape index (κ3) is 3.52. The van der Waals surface area contributed by atoms with Gasteiger partial charge in [-0.15, -0.1) is 11.3 Å². The summed E-state index contributed by atoms with van der Waals surface area (Å²) in [5.41, 5.74) is 0.874. The van der Waals surface area contributed by atoms with Crippen molar-refractivity contribution in [2.75, 3.05) is 6.54 Å². The van der Waals surface area contributed by atoms with Gasteiger partial charge in [-0.05, 0) is 24.3 Å². The molecular weight excluding hydrogens is 322 g/mol. The van der Waals surface area contributed by atoms with Crippen molar-refractivity contribution in [2.24, 2.45) is 0 Å². The highest BCUT2D eigenvalue weighted by atomic mass is 35.5. The largest absolute Gasteiger partial charge is 0.351 e. The third-order valence-electron chi connectivity index (χ3n) is 2.92. The lowest BCUT2D eigenvalue weighted by Gasteiger charge is -2.00. The van der Waals surface area contributed by atoms with E-state index < -0.39 is 0 Å². The van der Waals surface area contributed by atoms with Gasteiger partial charge in [0, 0.05) is 18.5 Å². The standard InChI is InChI=1S/C15H12ClN3O2S/c16-12-7-6-11(22-12)14(20)17-9-8-13-18-15(21-19-13)10-4-2-1-3-5-10/h1-7H,8-9H2,(H,17,20). The second-order valence-electron chi connectivity index (χ2n) is 4.49. The Morgan fingerprint density at radius 3 is 2.77 bits per heavy atom. The minimum atomic E-state index is -0.149. The van der Waals surface area contributed by atoms with Gasteiger partial charge in [-0.1, -0.05) is 35.0 Å². The Hall–Kier alpha value is -2.18. The molecule has 0 saturated heterocycles. The maximum absolute atomic E-state index is 11.9. The summed E-state index contributed by atoms with van der Waals surface area (Å²) in [5, 5.41) is 6.71. The van der Waals surface area contributed by atoms with E-state index in [0.717, 1.165) is 5.56 Å². The molecule has 0 bridgehead atoms. The van der Waals surface area contributed by atoms with Gasteiger partial charge < -0.3 is 9.84 Å². The number of carbonyl (C=O) groups excluding carboxylic acids is 1. The molecule has 1 aromatic carbocycles. The summed E-state index contributed by atoms with van der Waals surface area (Å²) >= 11 is 7.05. The van der Waals surface area contributed by atoms with Gasteiger partial charge in [0.2, 0.25) is 0 Å². The van der Waals surface area contributed by atoms with Gasteiger partial charge in [-0.25, -0.2) is 0 Å². The van der Waals surface area contributed by atoms with Crippen molar-refractivity contribution in [3.63, 3.8) is 0 Å². The SMILES string of the molecule is O=C(NCCc1noc(-c2ccccc2)n1)c1ccc(Cl)s1. The molecule has 0 aliphatic carbocycles. The zero-order chi connectivity index (χ0) is 15.4. The van der Waals surface area contributed by atoms with Gasteiger partial charge in [0.25, 0.3) is 11.8 Å². The van der Waals surface area contributed by atoms with E-state index in [-0.39, 0.29) is 5.91 Å². The summed E-state index contributed by atoms with van der Waals surface area (Å²) in [6.45, 7) is 0.433. The summed E-state index contributed by atoms with van der Waals surface area (Å²) in [5.74, 6) is 0.888. The van der Waals surface area contributed by atoms with Gasteiger partial charge in [0.1, 0.15) is 0 Å². The Bertz CT molecular complexity index is 770. The van der Waals surface area contributed by atoms with Gasteiger partial charge >= 0.3 is 0 Å². The number of amides is 1. The molecule has 112 valence electrons. The summed E-state index contributed by atoms with van der Waals surface area (Å²) in [4.78, 5) is 16.7. The van der Waals surface area contributed by atoms with Crippen LogP contribution in [-0.2, 0) is 6.42 Å². The predicted octanol–water partition coefficient (Wildman–Crippen LogP) is 3.42. The third-order valence-corrected chi connectivity index (χ3v) is 4.15. The van der Waals surface area contributed by atoms with Crippen molar-refractivity contribution in [3.8, 4) is 11.5 Å². The highest BCUT2D eigenvalue weighted by Gasteiger charge is 2.10. The van der Waals surface area contributed by atoms with Crippen LogP contribution < -0.4 is 5.32 Å². The lowest BCUT2D eigenvalue weighted by molar-refractivity contribution is 0.0958. The van der Waals surface area contributed by atoms with Crippen LogP contribution in [0.3, 0.4) is 0 Å². The predicted molar refractivity (Wildman–Crippen MR) is 85.1 cm³/mol.